The molecule has 0 bridgehead atoms. The van der Waals surface area contributed by atoms with Crippen LogP contribution in [0.5, 0.6) is 0 Å². The molecule has 0 aliphatic carbocycles. The second kappa shape index (κ2) is 8.73. The number of para-hydroxylation sites is 1. The van der Waals surface area contributed by atoms with Crippen LogP contribution in [-0.4, -0.2) is 20.7 Å². The average Bonchev–Trinajstić information content (AvgIpc) is 2.67. The molecule has 1 aromatic heterocycles. The topological polar surface area (TPSA) is 64.0 Å². The number of fused-ring (bicyclic) bond motifs is 1. The van der Waals surface area contributed by atoms with Crippen LogP contribution in [0, 0.1) is 17.6 Å². The zero-order chi connectivity index (χ0) is 21.1. The number of amides is 1. The first kappa shape index (κ1) is 21.0. The standard InChI is InChI=1S/C21H21F2N3O2S/c1-12(2)11-26-20(28)15-6-4-5-7-17(15)25-21(26)29-13(3)19(27)24-18-10-14(22)8-9-16(18)23/h4-10,12-13H,11H2,1-3H3,(H,24,27)/t13-/m1/s1. The fourth-order valence-corrected chi connectivity index (χ4v) is 3.72. The number of thioether (sulfide) groups is 1. The number of carbonyl (C=O) groups is 1. The van der Waals surface area contributed by atoms with Gasteiger partial charge in [0.05, 0.1) is 21.8 Å². The Morgan fingerprint density at radius 1 is 1.17 bits per heavy atom. The Kier molecular flexibility index (Phi) is 6.32. The summed E-state index contributed by atoms with van der Waals surface area (Å²) in [6.07, 6.45) is 0. The molecule has 0 aliphatic rings. The molecule has 3 rings (SSSR count). The van der Waals surface area contributed by atoms with Crippen LogP contribution in [0.25, 0.3) is 10.9 Å². The Hall–Kier alpha value is -2.74. The van der Waals surface area contributed by atoms with Crippen LogP contribution >= 0.6 is 11.8 Å². The van der Waals surface area contributed by atoms with E-state index >= 15 is 0 Å². The second-order valence-corrected chi connectivity index (χ2v) is 8.40. The highest BCUT2D eigenvalue weighted by Gasteiger charge is 2.21. The number of rotatable bonds is 6. The molecule has 0 saturated carbocycles. The van der Waals surface area contributed by atoms with Crippen molar-refractivity contribution in [1.82, 2.24) is 9.55 Å². The normalized spacial score (nSPS) is 12.3. The van der Waals surface area contributed by atoms with E-state index in [0.29, 0.717) is 22.6 Å². The van der Waals surface area contributed by atoms with E-state index in [1.165, 1.54) is 0 Å². The van der Waals surface area contributed by atoms with Crippen molar-refractivity contribution in [2.75, 3.05) is 5.32 Å². The Morgan fingerprint density at radius 2 is 1.90 bits per heavy atom. The lowest BCUT2D eigenvalue weighted by Gasteiger charge is -2.17. The number of aromatic nitrogens is 2. The van der Waals surface area contributed by atoms with Gasteiger partial charge in [0.1, 0.15) is 11.6 Å². The molecule has 0 fully saturated rings. The first-order valence-electron chi connectivity index (χ1n) is 9.18. The van der Waals surface area contributed by atoms with Crippen molar-refractivity contribution in [1.29, 1.82) is 0 Å². The van der Waals surface area contributed by atoms with Gasteiger partial charge in [-0.2, -0.15) is 0 Å². The van der Waals surface area contributed by atoms with Crippen molar-refractivity contribution >= 4 is 34.3 Å². The van der Waals surface area contributed by atoms with Crippen molar-refractivity contribution in [3.8, 4) is 0 Å². The van der Waals surface area contributed by atoms with Gasteiger partial charge in [-0.15, -0.1) is 0 Å². The molecule has 0 spiro atoms. The Balaban J connectivity index is 1.90. The molecule has 152 valence electrons. The fourth-order valence-electron chi connectivity index (χ4n) is 2.80. The van der Waals surface area contributed by atoms with Gasteiger partial charge < -0.3 is 5.32 Å². The van der Waals surface area contributed by atoms with Gasteiger partial charge >= 0.3 is 0 Å². The van der Waals surface area contributed by atoms with Crippen molar-refractivity contribution in [2.24, 2.45) is 5.92 Å². The maximum atomic E-state index is 13.8. The van der Waals surface area contributed by atoms with Crippen LogP contribution in [0.3, 0.4) is 0 Å². The fraction of sp³-hybridized carbons (Fsp3) is 0.286. The third-order valence-electron chi connectivity index (χ3n) is 4.21. The van der Waals surface area contributed by atoms with Gasteiger partial charge in [-0.3, -0.25) is 14.2 Å². The third kappa shape index (κ3) is 4.82. The zero-order valence-electron chi connectivity index (χ0n) is 16.3. The van der Waals surface area contributed by atoms with Gasteiger partial charge in [-0.1, -0.05) is 37.7 Å². The molecular weight excluding hydrogens is 396 g/mol. The Labute approximate surface area is 171 Å². The number of nitrogens with zero attached hydrogens (tertiary/aromatic N) is 2. The molecule has 0 radical (unpaired) electrons. The summed E-state index contributed by atoms with van der Waals surface area (Å²) >= 11 is 1.10. The number of carbonyl (C=O) groups excluding carboxylic acids is 1. The zero-order valence-corrected chi connectivity index (χ0v) is 17.1. The Morgan fingerprint density at radius 3 is 2.62 bits per heavy atom. The van der Waals surface area contributed by atoms with Gasteiger partial charge in [0, 0.05) is 12.6 Å². The molecule has 1 amide bonds. The summed E-state index contributed by atoms with van der Waals surface area (Å²) in [5.74, 6) is -1.69. The molecule has 8 heteroatoms. The van der Waals surface area contributed by atoms with E-state index in [9.17, 15) is 18.4 Å². The number of anilines is 1. The summed E-state index contributed by atoms with van der Waals surface area (Å²) in [7, 11) is 0. The van der Waals surface area contributed by atoms with Gasteiger partial charge in [-0.05, 0) is 37.1 Å². The van der Waals surface area contributed by atoms with E-state index in [4.69, 9.17) is 0 Å². The van der Waals surface area contributed by atoms with Crippen LogP contribution in [0.1, 0.15) is 20.8 Å². The maximum absolute atomic E-state index is 13.8. The first-order chi connectivity index (χ1) is 13.8. The molecule has 0 saturated heterocycles. The van der Waals surface area contributed by atoms with Crippen molar-refractivity contribution < 1.29 is 13.6 Å². The molecular formula is C21H21F2N3O2S. The SMILES string of the molecule is CC(C)Cn1c(S[C@H](C)C(=O)Nc2cc(F)ccc2F)nc2ccccc2c1=O. The second-order valence-electron chi connectivity index (χ2n) is 7.09. The predicted molar refractivity (Wildman–Crippen MR) is 111 cm³/mol. The minimum atomic E-state index is -0.725. The molecule has 29 heavy (non-hydrogen) atoms. The number of nitrogens with one attached hydrogen (secondary N) is 1. The molecule has 1 heterocycles. The minimum absolute atomic E-state index is 0.171. The molecule has 3 aromatic rings. The monoisotopic (exact) mass is 417 g/mol. The van der Waals surface area contributed by atoms with Crippen molar-refractivity contribution in [3.05, 3.63) is 64.5 Å². The van der Waals surface area contributed by atoms with E-state index in [1.54, 1.807) is 35.8 Å². The smallest absolute Gasteiger partial charge is 0.262 e. The Bertz CT molecular complexity index is 1110. The van der Waals surface area contributed by atoms with Gasteiger partial charge in [0.15, 0.2) is 5.16 Å². The maximum Gasteiger partial charge on any atom is 0.262 e. The van der Waals surface area contributed by atoms with Crippen LogP contribution in [0.4, 0.5) is 14.5 Å². The largest absolute Gasteiger partial charge is 0.323 e. The van der Waals surface area contributed by atoms with Crippen LogP contribution in [0.2, 0.25) is 0 Å². The molecule has 2 aromatic carbocycles. The number of hydrogen-bond acceptors (Lipinski definition) is 4. The molecule has 1 N–H and O–H groups in total. The van der Waals surface area contributed by atoms with Crippen LogP contribution < -0.4 is 10.9 Å². The lowest BCUT2D eigenvalue weighted by molar-refractivity contribution is -0.115. The van der Waals surface area contributed by atoms with Crippen molar-refractivity contribution in [3.63, 3.8) is 0 Å². The summed E-state index contributed by atoms with van der Waals surface area (Å²) in [4.78, 5) is 30.0. The lowest BCUT2D eigenvalue weighted by atomic mass is 10.2. The van der Waals surface area contributed by atoms with E-state index in [2.05, 4.69) is 10.3 Å². The highest BCUT2D eigenvalue weighted by molar-refractivity contribution is 8.00. The summed E-state index contributed by atoms with van der Waals surface area (Å²) < 4.78 is 28.7. The van der Waals surface area contributed by atoms with E-state index in [1.807, 2.05) is 13.8 Å². The third-order valence-corrected chi connectivity index (χ3v) is 5.30. The summed E-state index contributed by atoms with van der Waals surface area (Å²) in [5, 5.41) is 2.62. The first-order valence-corrected chi connectivity index (χ1v) is 10.1. The highest BCUT2D eigenvalue weighted by atomic mass is 32.2. The summed E-state index contributed by atoms with van der Waals surface area (Å²) in [6, 6.07) is 9.89. The van der Waals surface area contributed by atoms with Gasteiger partial charge in [0.25, 0.3) is 5.56 Å². The van der Waals surface area contributed by atoms with E-state index in [-0.39, 0.29) is 17.2 Å². The predicted octanol–water partition coefficient (Wildman–Crippen LogP) is 4.45. The molecule has 0 unspecified atom stereocenters. The quantitative estimate of drug-likeness (QED) is 0.475. The molecule has 5 nitrogen and oxygen atoms in total. The molecule has 1 atom stereocenters. The lowest BCUT2D eigenvalue weighted by Crippen LogP contribution is -2.28. The van der Waals surface area contributed by atoms with Crippen LogP contribution in [-0.2, 0) is 11.3 Å². The number of halogens is 2. The summed E-state index contributed by atoms with van der Waals surface area (Å²) in [5.41, 5.74) is 0.146. The van der Waals surface area contributed by atoms with E-state index < -0.39 is 22.8 Å². The molecule has 0 aliphatic heterocycles. The van der Waals surface area contributed by atoms with Crippen LogP contribution in [0.15, 0.2) is 52.4 Å². The van der Waals surface area contributed by atoms with Gasteiger partial charge in [-0.25, -0.2) is 13.8 Å². The number of hydrogen-bond donors (Lipinski definition) is 1. The average molecular weight is 417 g/mol. The van der Waals surface area contributed by atoms with Gasteiger partial charge in [0.2, 0.25) is 5.91 Å². The summed E-state index contributed by atoms with van der Waals surface area (Å²) in [6.45, 7) is 6.04. The van der Waals surface area contributed by atoms with E-state index in [0.717, 1.165) is 30.0 Å². The number of benzene rings is 2. The minimum Gasteiger partial charge on any atom is -0.323 e. The van der Waals surface area contributed by atoms with Crippen molar-refractivity contribution in [2.45, 2.75) is 37.7 Å². The highest BCUT2D eigenvalue weighted by Crippen LogP contribution is 2.25.